The molecule has 0 aliphatic rings. The van der Waals surface area contributed by atoms with Crippen molar-refractivity contribution in [1.29, 1.82) is 0 Å². The molecule has 0 spiro atoms. The molecule has 0 fully saturated rings. The summed E-state index contributed by atoms with van der Waals surface area (Å²) in [7, 11) is 0. The van der Waals surface area contributed by atoms with E-state index in [-0.39, 0.29) is 6.61 Å². The average Bonchev–Trinajstić information content (AvgIpc) is 2.91. The lowest BCUT2D eigenvalue weighted by Gasteiger charge is -2.00. The molecule has 0 radical (unpaired) electrons. The highest BCUT2D eigenvalue weighted by molar-refractivity contribution is 7.10. The fourth-order valence-electron chi connectivity index (χ4n) is 1.46. The van der Waals surface area contributed by atoms with E-state index in [1.54, 1.807) is 11.3 Å². The minimum Gasteiger partial charge on any atom is -0.395 e. The third-order valence-electron chi connectivity index (χ3n) is 2.36. The van der Waals surface area contributed by atoms with Crippen molar-refractivity contribution in [3.8, 4) is 11.8 Å². The number of aryl methyl sites for hydroxylation is 1. The van der Waals surface area contributed by atoms with Gasteiger partial charge in [0.25, 0.3) is 0 Å². The summed E-state index contributed by atoms with van der Waals surface area (Å²) in [5.41, 5.74) is 2.18. The molecule has 0 amide bonds. The van der Waals surface area contributed by atoms with Crippen LogP contribution in [0.25, 0.3) is 0 Å². The Balaban J connectivity index is 2.05. The van der Waals surface area contributed by atoms with Crippen LogP contribution in [0.4, 0.5) is 0 Å². The van der Waals surface area contributed by atoms with Crippen LogP contribution in [0.1, 0.15) is 22.6 Å². The van der Waals surface area contributed by atoms with E-state index in [0.717, 1.165) is 17.8 Å². The van der Waals surface area contributed by atoms with Gasteiger partial charge < -0.3 is 5.11 Å². The lowest BCUT2D eigenvalue weighted by molar-refractivity contribution is 0.305. The number of aliphatic hydroxyl groups excluding tert-OH is 1. The van der Waals surface area contributed by atoms with Gasteiger partial charge in [0.15, 0.2) is 0 Å². The van der Waals surface area contributed by atoms with Gasteiger partial charge in [-0.25, -0.2) is 0 Å². The molecular weight excluding hydrogens is 232 g/mol. The average molecular weight is 246 g/mol. The summed E-state index contributed by atoms with van der Waals surface area (Å²) >= 11 is 1.69. The van der Waals surface area contributed by atoms with Crippen LogP contribution in [0.5, 0.6) is 0 Å². The Kier molecular flexibility index (Phi) is 3.97. The zero-order valence-corrected chi connectivity index (χ0v) is 10.5. The highest BCUT2D eigenvalue weighted by Crippen LogP contribution is 2.15. The number of hydrogen-bond donors (Lipinski definition) is 1. The van der Waals surface area contributed by atoms with Crippen LogP contribution in [-0.4, -0.2) is 21.5 Å². The van der Waals surface area contributed by atoms with E-state index < -0.39 is 0 Å². The Hall–Kier alpha value is -1.57. The van der Waals surface area contributed by atoms with Crippen LogP contribution in [0.3, 0.4) is 0 Å². The molecule has 0 unspecified atom stereocenters. The molecule has 3 nitrogen and oxygen atoms in total. The molecule has 0 saturated heterocycles. The molecule has 0 aliphatic carbocycles. The minimum atomic E-state index is 0.122. The maximum Gasteiger partial charge on any atom is 0.0755 e. The van der Waals surface area contributed by atoms with Crippen LogP contribution in [0, 0.1) is 18.8 Å². The number of aromatic nitrogens is 2. The van der Waals surface area contributed by atoms with Crippen molar-refractivity contribution in [2.75, 3.05) is 6.61 Å². The van der Waals surface area contributed by atoms with Gasteiger partial charge in [0.1, 0.15) is 0 Å². The predicted octanol–water partition coefficient (Wildman–Crippen LogP) is 2.04. The smallest absolute Gasteiger partial charge is 0.0755 e. The van der Waals surface area contributed by atoms with Crippen molar-refractivity contribution in [2.45, 2.75) is 19.9 Å². The second kappa shape index (κ2) is 5.67. The number of thiophene rings is 1. The fraction of sp³-hybridized carbons (Fsp3) is 0.308. The Morgan fingerprint density at radius 1 is 1.53 bits per heavy atom. The van der Waals surface area contributed by atoms with Gasteiger partial charge in [-0.05, 0) is 19.1 Å². The summed E-state index contributed by atoms with van der Waals surface area (Å²) in [6, 6.07) is 4.08. The highest BCUT2D eigenvalue weighted by atomic mass is 32.1. The molecule has 0 aromatic carbocycles. The third-order valence-corrected chi connectivity index (χ3v) is 3.28. The molecule has 0 aliphatic heterocycles. The van der Waals surface area contributed by atoms with E-state index in [9.17, 15) is 0 Å². The number of rotatable bonds is 3. The van der Waals surface area contributed by atoms with Crippen molar-refractivity contribution in [3.63, 3.8) is 0 Å². The molecule has 17 heavy (non-hydrogen) atoms. The Morgan fingerprint density at radius 2 is 2.41 bits per heavy atom. The van der Waals surface area contributed by atoms with E-state index in [2.05, 4.69) is 23.0 Å². The normalized spacial score (nSPS) is 10.0. The van der Waals surface area contributed by atoms with Crippen LogP contribution < -0.4 is 0 Å². The van der Waals surface area contributed by atoms with Gasteiger partial charge in [0.2, 0.25) is 0 Å². The number of hydrogen-bond acceptors (Lipinski definition) is 3. The summed E-state index contributed by atoms with van der Waals surface area (Å²) in [5, 5.41) is 14.9. The first-order valence-electron chi connectivity index (χ1n) is 5.45. The van der Waals surface area contributed by atoms with Crippen molar-refractivity contribution in [2.24, 2.45) is 0 Å². The molecule has 1 N–H and O–H groups in total. The quantitative estimate of drug-likeness (QED) is 0.842. The van der Waals surface area contributed by atoms with Crippen LogP contribution in [-0.2, 0) is 6.54 Å². The number of aliphatic hydroxyl groups is 1. The number of nitrogens with zero attached hydrogens (tertiary/aromatic N) is 2. The summed E-state index contributed by atoms with van der Waals surface area (Å²) in [4.78, 5) is 1.24. The molecule has 4 heteroatoms. The van der Waals surface area contributed by atoms with E-state index in [4.69, 9.17) is 5.11 Å². The van der Waals surface area contributed by atoms with Gasteiger partial charge in [-0.15, -0.1) is 11.3 Å². The van der Waals surface area contributed by atoms with E-state index in [1.165, 1.54) is 4.88 Å². The third kappa shape index (κ3) is 3.19. The Bertz CT molecular complexity index is 545. The molecule has 0 atom stereocenters. The van der Waals surface area contributed by atoms with Gasteiger partial charge in [-0.1, -0.05) is 11.8 Å². The second-order valence-corrected chi connectivity index (χ2v) is 4.70. The molecule has 2 rings (SSSR count). The minimum absolute atomic E-state index is 0.122. The summed E-state index contributed by atoms with van der Waals surface area (Å²) < 4.78 is 1.97. The molecule has 0 bridgehead atoms. The van der Waals surface area contributed by atoms with Crippen LogP contribution in [0.15, 0.2) is 23.7 Å². The SMILES string of the molecule is Cc1ccnn1Cc1cc(C#CCCO)cs1. The monoisotopic (exact) mass is 246 g/mol. The Labute approximate surface area is 105 Å². The van der Waals surface area contributed by atoms with Crippen molar-refractivity contribution >= 4 is 11.3 Å². The second-order valence-electron chi connectivity index (χ2n) is 3.71. The first kappa shape index (κ1) is 11.9. The largest absolute Gasteiger partial charge is 0.395 e. The maximum absolute atomic E-state index is 8.64. The fourth-order valence-corrected chi connectivity index (χ4v) is 2.26. The molecular formula is C13H14N2OS. The highest BCUT2D eigenvalue weighted by Gasteiger charge is 2.01. The van der Waals surface area contributed by atoms with Crippen LogP contribution >= 0.6 is 11.3 Å². The van der Waals surface area contributed by atoms with E-state index >= 15 is 0 Å². The molecule has 2 aromatic heterocycles. The summed E-state index contributed by atoms with van der Waals surface area (Å²) in [5.74, 6) is 5.95. The maximum atomic E-state index is 8.64. The van der Waals surface area contributed by atoms with E-state index in [1.807, 2.05) is 29.2 Å². The zero-order valence-electron chi connectivity index (χ0n) is 9.68. The van der Waals surface area contributed by atoms with E-state index in [0.29, 0.717) is 6.42 Å². The molecule has 2 aromatic rings. The molecule has 88 valence electrons. The first-order valence-corrected chi connectivity index (χ1v) is 6.33. The van der Waals surface area contributed by atoms with Crippen LogP contribution in [0.2, 0.25) is 0 Å². The van der Waals surface area contributed by atoms with Gasteiger partial charge in [-0.3, -0.25) is 4.68 Å². The summed E-state index contributed by atoms with van der Waals surface area (Å²) in [6.07, 6.45) is 2.34. The summed E-state index contributed by atoms with van der Waals surface area (Å²) in [6.45, 7) is 2.96. The topological polar surface area (TPSA) is 38.0 Å². The zero-order chi connectivity index (χ0) is 12.1. The van der Waals surface area contributed by atoms with Gasteiger partial charge >= 0.3 is 0 Å². The lowest BCUT2D eigenvalue weighted by Crippen LogP contribution is -2.01. The van der Waals surface area contributed by atoms with Gasteiger partial charge in [0.05, 0.1) is 13.2 Å². The Morgan fingerprint density at radius 3 is 3.12 bits per heavy atom. The standard InChI is InChI=1S/C13H14N2OS/c1-11-5-6-14-15(11)9-13-8-12(10-17-13)4-2-3-7-16/h5-6,8,10,16H,3,7,9H2,1H3. The molecule has 0 saturated carbocycles. The van der Waals surface area contributed by atoms with Gasteiger partial charge in [-0.2, -0.15) is 5.10 Å². The van der Waals surface area contributed by atoms with Crippen molar-refractivity contribution in [3.05, 3.63) is 39.8 Å². The lowest BCUT2D eigenvalue weighted by atomic mass is 10.3. The first-order chi connectivity index (χ1) is 8.29. The molecule has 2 heterocycles. The van der Waals surface area contributed by atoms with Gasteiger partial charge in [0, 0.05) is 34.1 Å². The predicted molar refractivity (Wildman–Crippen MR) is 69.0 cm³/mol. The van der Waals surface area contributed by atoms with Crippen molar-refractivity contribution in [1.82, 2.24) is 9.78 Å². The van der Waals surface area contributed by atoms with Crippen molar-refractivity contribution < 1.29 is 5.11 Å².